The molecule has 0 radical (unpaired) electrons. The van der Waals surface area contributed by atoms with Crippen molar-refractivity contribution in [3.63, 3.8) is 0 Å². The maximum absolute atomic E-state index is 11.9. The second kappa shape index (κ2) is 4.85. The Kier molecular flexibility index (Phi) is 3.05. The van der Waals surface area contributed by atoms with Crippen molar-refractivity contribution >= 4 is 16.9 Å². The molecule has 0 amide bonds. The van der Waals surface area contributed by atoms with E-state index >= 15 is 0 Å². The van der Waals surface area contributed by atoms with Crippen LogP contribution in [0.4, 0.5) is 0 Å². The Morgan fingerprint density at radius 1 is 1.32 bits per heavy atom. The van der Waals surface area contributed by atoms with E-state index in [1.807, 2.05) is 6.07 Å². The molecule has 1 aromatic carbocycles. The van der Waals surface area contributed by atoms with Gasteiger partial charge in [-0.1, -0.05) is 18.2 Å². The monoisotopic (exact) mass is 260 g/mol. The van der Waals surface area contributed by atoms with Crippen molar-refractivity contribution in [3.8, 4) is 0 Å². The first-order valence-electron chi connectivity index (χ1n) is 6.05. The molecule has 1 aliphatic rings. The molecule has 2 heterocycles. The van der Waals surface area contributed by atoms with Crippen LogP contribution in [0.1, 0.15) is 16.8 Å². The van der Waals surface area contributed by atoms with Crippen LogP contribution in [-0.2, 0) is 9.47 Å². The first-order chi connectivity index (χ1) is 9.24. The van der Waals surface area contributed by atoms with Crippen molar-refractivity contribution in [2.45, 2.75) is 12.5 Å². The Balaban J connectivity index is 1.92. The summed E-state index contributed by atoms with van der Waals surface area (Å²) in [5.41, 5.74) is -0.304. The molecular weight excluding hydrogens is 248 g/mol. The molecule has 0 unspecified atom stereocenters. The average molecular weight is 260 g/mol. The Hall–Kier alpha value is -2.14. The fraction of sp³-hybridized carbons (Fsp3) is 0.286. The fourth-order valence-corrected chi connectivity index (χ4v) is 2.02. The zero-order chi connectivity index (χ0) is 13.2. The van der Waals surface area contributed by atoms with Crippen molar-refractivity contribution in [1.82, 2.24) is 0 Å². The SMILES string of the molecule is O=C(O[C@@H]1CCOC1)c1cc2ccccc2oc1=O. The summed E-state index contributed by atoms with van der Waals surface area (Å²) in [6.07, 6.45) is 0.378. The molecule has 0 N–H and O–H groups in total. The van der Waals surface area contributed by atoms with E-state index in [0.29, 0.717) is 30.6 Å². The molecule has 1 aromatic heterocycles. The molecule has 5 heteroatoms. The second-order valence-electron chi connectivity index (χ2n) is 4.38. The fourth-order valence-electron chi connectivity index (χ4n) is 2.02. The minimum absolute atomic E-state index is 0.0781. The van der Waals surface area contributed by atoms with Gasteiger partial charge in [-0.3, -0.25) is 0 Å². The van der Waals surface area contributed by atoms with Gasteiger partial charge in [-0.25, -0.2) is 9.59 Å². The molecule has 5 nitrogen and oxygen atoms in total. The van der Waals surface area contributed by atoms with E-state index in [-0.39, 0.29) is 11.7 Å². The number of hydrogen-bond acceptors (Lipinski definition) is 5. The molecule has 19 heavy (non-hydrogen) atoms. The lowest BCUT2D eigenvalue weighted by Gasteiger charge is -2.09. The largest absolute Gasteiger partial charge is 0.456 e. The van der Waals surface area contributed by atoms with Crippen molar-refractivity contribution < 1.29 is 18.7 Å². The topological polar surface area (TPSA) is 65.7 Å². The van der Waals surface area contributed by atoms with Gasteiger partial charge in [-0.15, -0.1) is 0 Å². The first kappa shape index (κ1) is 11.9. The number of carbonyl (C=O) groups excluding carboxylic acids is 1. The normalized spacial score (nSPS) is 18.6. The molecule has 0 saturated carbocycles. The van der Waals surface area contributed by atoms with Crippen LogP contribution in [0.3, 0.4) is 0 Å². The number of esters is 1. The summed E-state index contributed by atoms with van der Waals surface area (Å²) in [6.45, 7) is 0.953. The van der Waals surface area contributed by atoms with Gasteiger partial charge in [-0.05, 0) is 12.1 Å². The molecule has 1 fully saturated rings. The molecule has 0 bridgehead atoms. The lowest BCUT2D eigenvalue weighted by molar-refractivity contribution is 0.0266. The smallest absolute Gasteiger partial charge is 0.351 e. The van der Waals surface area contributed by atoms with Gasteiger partial charge < -0.3 is 13.9 Å². The summed E-state index contributed by atoms with van der Waals surface area (Å²) in [5.74, 6) is -0.657. The number of fused-ring (bicyclic) bond motifs is 1. The van der Waals surface area contributed by atoms with E-state index < -0.39 is 11.6 Å². The number of rotatable bonds is 2. The lowest BCUT2D eigenvalue weighted by atomic mass is 10.2. The lowest BCUT2D eigenvalue weighted by Crippen LogP contribution is -2.22. The third-order valence-corrected chi connectivity index (χ3v) is 3.02. The standard InChI is InChI=1S/C14H12O5/c15-13(18-10-5-6-17-8-10)11-7-9-3-1-2-4-12(9)19-14(11)16/h1-4,7,10H,5-6,8H2/t10-/m1/s1. The van der Waals surface area contributed by atoms with Crippen LogP contribution < -0.4 is 5.63 Å². The third kappa shape index (κ3) is 2.37. The highest BCUT2D eigenvalue weighted by molar-refractivity contribution is 5.92. The highest BCUT2D eigenvalue weighted by Gasteiger charge is 2.23. The van der Waals surface area contributed by atoms with Crippen LogP contribution in [0.15, 0.2) is 39.5 Å². The molecular formula is C14H12O5. The minimum atomic E-state index is -0.678. The molecule has 3 rings (SSSR count). The van der Waals surface area contributed by atoms with E-state index in [0.717, 1.165) is 0 Å². The van der Waals surface area contributed by atoms with Crippen LogP contribution >= 0.6 is 0 Å². The van der Waals surface area contributed by atoms with Crippen molar-refractivity contribution in [2.24, 2.45) is 0 Å². The highest BCUT2D eigenvalue weighted by Crippen LogP contribution is 2.15. The molecule has 1 atom stereocenters. The predicted octanol–water partition coefficient (Wildman–Crippen LogP) is 1.74. The first-order valence-corrected chi connectivity index (χ1v) is 6.05. The number of para-hydroxylation sites is 1. The zero-order valence-corrected chi connectivity index (χ0v) is 10.1. The summed E-state index contributed by atoms with van der Waals surface area (Å²) in [5, 5.41) is 0.691. The maximum atomic E-state index is 11.9. The van der Waals surface area contributed by atoms with Gasteiger partial charge >= 0.3 is 11.6 Å². The van der Waals surface area contributed by atoms with Gasteiger partial charge in [0.15, 0.2) is 0 Å². The van der Waals surface area contributed by atoms with Crippen molar-refractivity contribution in [3.05, 3.63) is 46.3 Å². The Morgan fingerprint density at radius 2 is 2.16 bits per heavy atom. The number of carbonyl (C=O) groups is 1. The van der Waals surface area contributed by atoms with Crippen LogP contribution in [0.5, 0.6) is 0 Å². The summed E-state index contributed by atoms with van der Waals surface area (Å²) in [4.78, 5) is 23.7. The zero-order valence-electron chi connectivity index (χ0n) is 10.1. The van der Waals surface area contributed by atoms with Gasteiger partial charge in [-0.2, -0.15) is 0 Å². The van der Waals surface area contributed by atoms with Gasteiger partial charge in [0.2, 0.25) is 0 Å². The van der Waals surface area contributed by atoms with Gasteiger partial charge in [0.25, 0.3) is 0 Å². The summed E-state index contributed by atoms with van der Waals surface area (Å²) < 4.78 is 15.4. The Bertz CT molecular complexity index is 667. The van der Waals surface area contributed by atoms with Crippen molar-refractivity contribution in [2.75, 3.05) is 13.2 Å². The summed E-state index contributed by atoms with van der Waals surface area (Å²) in [6, 6.07) is 8.52. The van der Waals surface area contributed by atoms with E-state index in [9.17, 15) is 9.59 Å². The Morgan fingerprint density at radius 3 is 2.95 bits per heavy atom. The second-order valence-corrected chi connectivity index (χ2v) is 4.38. The molecule has 1 aliphatic heterocycles. The van der Waals surface area contributed by atoms with Gasteiger partial charge in [0.1, 0.15) is 17.3 Å². The quantitative estimate of drug-likeness (QED) is 0.607. The molecule has 1 saturated heterocycles. The van der Waals surface area contributed by atoms with Crippen LogP contribution in [0.25, 0.3) is 11.0 Å². The predicted molar refractivity (Wildman–Crippen MR) is 67.1 cm³/mol. The molecule has 0 aliphatic carbocycles. The van der Waals surface area contributed by atoms with Gasteiger partial charge in [0, 0.05) is 11.8 Å². The molecule has 0 spiro atoms. The van der Waals surface area contributed by atoms with Crippen LogP contribution in [0, 0.1) is 0 Å². The van der Waals surface area contributed by atoms with Crippen molar-refractivity contribution in [1.29, 1.82) is 0 Å². The molecule has 2 aromatic rings. The van der Waals surface area contributed by atoms with E-state index in [2.05, 4.69) is 0 Å². The average Bonchev–Trinajstić information content (AvgIpc) is 2.90. The Labute approximate surface area is 108 Å². The summed E-state index contributed by atoms with van der Waals surface area (Å²) in [7, 11) is 0. The number of benzene rings is 1. The third-order valence-electron chi connectivity index (χ3n) is 3.02. The van der Waals surface area contributed by atoms with E-state index in [4.69, 9.17) is 13.9 Å². The molecule has 98 valence electrons. The van der Waals surface area contributed by atoms with E-state index in [1.54, 1.807) is 18.2 Å². The number of ether oxygens (including phenoxy) is 2. The van der Waals surface area contributed by atoms with Gasteiger partial charge in [0.05, 0.1) is 13.2 Å². The maximum Gasteiger partial charge on any atom is 0.351 e. The highest BCUT2D eigenvalue weighted by atomic mass is 16.6. The minimum Gasteiger partial charge on any atom is -0.456 e. The van der Waals surface area contributed by atoms with E-state index in [1.165, 1.54) is 6.07 Å². The van der Waals surface area contributed by atoms with Crippen LogP contribution in [0.2, 0.25) is 0 Å². The number of hydrogen-bond donors (Lipinski definition) is 0. The van der Waals surface area contributed by atoms with Crippen LogP contribution in [-0.4, -0.2) is 25.3 Å². The summed E-state index contributed by atoms with van der Waals surface area (Å²) >= 11 is 0.